The second-order valence-electron chi connectivity index (χ2n) is 24.5. The number of phosphoric acid groups is 2. The van der Waals surface area contributed by atoms with E-state index < -0.39 is 97.5 Å². The number of hydrogen-bond acceptors (Lipinski definition) is 15. The zero-order valence-electron chi connectivity index (χ0n) is 62.7. The van der Waals surface area contributed by atoms with Crippen molar-refractivity contribution >= 4 is 39.5 Å². The average Bonchev–Trinajstić information content (AvgIpc) is 0.994. The highest BCUT2D eigenvalue weighted by Crippen LogP contribution is 2.45. The summed E-state index contributed by atoms with van der Waals surface area (Å²) in [5.41, 5.74) is 0. The largest absolute Gasteiger partial charge is 0.472 e. The molecule has 5 atom stereocenters. The normalized spacial score (nSPS) is 14.9. The van der Waals surface area contributed by atoms with Crippen LogP contribution in [0, 0.1) is 0 Å². The summed E-state index contributed by atoms with van der Waals surface area (Å²) in [6, 6.07) is 0. The lowest BCUT2D eigenvalue weighted by atomic mass is 10.1. The molecule has 5 unspecified atom stereocenters. The molecule has 0 aliphatic carbocycles. The molecule has 0 rings (SSSR count). The zero-order valence-corrected chi connectivity index (χ0v) is 64.5. The molecule has 0 aromatic rings. The summed E-state index contributed by atoms with van der Waals surface area (Å²) in [6.07, 6.45) is 87.7. The smallest absolute Gasteiger partial charge is 0.462 e. The van der Waals surface area contributed by atoms with Crippen LogP contribution in [-0.2, 0) is 65.4 Å². The van der Waals surface area contributed by atoms with Gasteiger partial charge in [-0.2, -0.15) is 0 Å². The predicted molar refractivity (Wildman–Crippen MR) is 417 cm³/mol. The third-order valence-electron chi connectivity index (χ3n) is 14.9. The Kier molecular flexibility index (Phi) is 69.3. The maximum atomic E-state index is 13.1. The number of unbranched alkanes of at least 4 members (excludes halogenated alkanes) is 13. The number of carbonyl (C=O) groups is 4. The van der Waals surface area contributed by atoms with Gasteiger partial charge in [0.25, 0.3) is 0 Å². The average molecular weight is 1460 g/mol. The van der Waals surface area contributed by atoms with Gasteiger partial charge in [0.2, 0.25) is 0 Å². The summed E-state index contributed by atoms with van der Waals surface area (Å²) in [4.78, 5) is 72.8. The molecule has 0 aliphatic heterocycles. The Morgan fingerprint density at radius 3 is 0.784 bits per heavy atom. The summed E-state index contributed by atoms with van der Waals surface area (Å²) in [5, 5.41) is 10.6. The Morgan fingerprint density at radius 1 is 0.284 bits per heavy atom. The van der Waals surface area contributed by atoms with Crippen molar-refractivity contribution in [1.29, 1.82) is 0 Å². The quantitative estimate of drug-likeness (QED) is 0.0169. The van der Waals surface area contributed by atoms with Crippen molar-refractivity contribution in [3.8, 4) is 0 Å². The highest BCUT2D eigenvalue weighted by atomic mass is 31.2. The number of carbonyl (C=O) groups excluding carboxylic acids is 4. The van der Waals surface area contributed by atoms with Crippen molar-refractivity contribution in [2.45, 2.75) is 277 Å². The molecule has 19 heteroatoms. The molecular formula is C83H132O17P2. The van der Waals surface area contributed by atoms with Crippen molar-refractivity contribution in [3.63, 3.8) is 0 Å². The van der Waals surface area contributed by atoms with Crippen LogP contribution in [-0.4, -0.2) is 96.7 Å². The van der Waals surface area contributed by atoms with E-state index in [2.05, 4.69) is 174 Å². The number of aliphatic hydroxyl groups excluding tert-OH is 1. The Labute approximate surface area is 615 Å². The Balaban J connectivity index is 5.51. The first kappa shape index (κ1) is 96.2. The van der Waals surface area contributed by atoms with Gasteiger partial charge >= 0.3 is 39.5 Å². The molecule has 3 N–H and O–H groups in total. The van der Waals surface area contributed by atoms with Crippen molar-refractivity contribution in [2.75, 3.05) is 39.6 Å². The van der Waals surface area contributed by atoms with E-state index in [1.165, 1.54) is 38.5 Å². The van der Waals surface area contributed by atoms with E-state index in [1.807, 2.05) is 36.5 Å². The summed E-state index contributed by atoms with van der Waals surface area (Å²) < 4.78 is 68.3. The van der Waals surface area contributed by atoms with Crippen LogP contribution in [0.15, 0.2) is 182 Å². The van der Waals surface area contributed by atoms with Crippen LogP contribution in [0.1, 0.15) is 259 Å². The molecule has 0 bridgehead atoms. The van der Waals surface area contributed by atoms with Crippen LogP contribution in [0.3, 0.4) is 0 Å². The fourth-order valence-electron chi connectivity index (χ4n) is 9.21. The topological polar surface area (TPSA) is 237 Å². The van der Waals surface area contributed by atoms with Crippen LogP contribution in [0.2, 0.25) is 0 Å². The van der Waals surface area contributed by atoms with Gasteiger partial charge in [0, 0.05) is 25.7 Å². The fourth-order valence-corrected chi connectivity index (χ4v) is 10.8. The molecule has 102 heavy (non-hydrogen) atoms. The number of rotatable bonds is 69. The maximum absolute atomic E-state index is 13.1. The van der Waals surface area contributed by atoms with Gasteiger partial charge in [-0.25, -0.2) is 9.13 Å². The lowest BCUT2D eigenvalue weighted by Gasteiger charge is -2.21. The van der Waals surface area contributed by atoms with Crippen LogP contribution in [0.5, 0.6) is 0 Å². The van der Waals surface area contributed by atoms with Crippen LogP contribution in [0.4, 0.5) is 0 Å². The van der Waals surface area contributed by atoms with Gasteiger partial charge in [0.05, 0.1) is 26.4 Å². The van der Waals surface area contributed by atoms with Gasteiger partial charge in [0.1, 0.15) is 19.3 Å². The third kappa shape index (κ3) is 72.5. The van der Waals surface area contributed by atoms with Gasteiger partial charge in [-0.1, -0.05) is 274 Å². The third-order valence-corrected chi connectivity index (χ3v) is 16.8. The SMILES string of the molecule is CC/C=C\C/C=C\C/C=C\C/C=C\C/C=C\CCCC(=O)OCC(COP(=O)(O)OCC(O)COP(=O)(O)OCC(COC(=O)CCC/C=C\C/C=C\C/C=C\C/C=C\C/C=C\CC)OC(=O)CCCCCCCCCCCCC)OC(=O)CCC/C=C\C/C=C\C/C=C\C/C=C\C/C=C\CC. The van der Waals surface area contributed by atoms with E-state index in [0.717, 1.165) is 122 Å². The van der Waals surface area contributed by atoms with Gasteiger partial charge in [-0.15, -0.1) is 0 Å². The molecule has 0 aromatic carbocycles. The second kappa shape index (κ2) is 73.5. The van der Waals surface area contributed by atoms with Crippen molar-refractivity contribution < 1.29 is 80.2 Å². The second-order valence-corrected chi connectivity index (χ2v) is 27.4. The van der Waals surface area contributed by atoms with Crippen LogP contribution >= 0.6 is 15.6 Å². The number of ether oxygens (including phenoxy) is 4. The lowest BCUT2D eigenvalue weighted by molar-refractivity contribution is -0.161. The van der Waals surface area contributed by atoms with Crippen LogP contribution < -0.4 is 0 Å². The highest BCUT2D eigenvalue weighted by Gasteiger charge is 2.30. The Hall–Kier alpha value is -5.84. The van der Waals surface area contributed by atoms with Crippen LogP contribution in [0.25, 0.3) is 0 Å². The highest BCUT2D eigenvalue weighted by molar-refractivity contribution is 7.47. The molecule has 576 valence electrons. The summed E-state index contributed by atoms with van der Waals surface area (Å²) >= 11 is 0. The summed E-state index contributed by atoms with van der Waals surface area (Å²) in [7, 11) is -10.0. The number of aliphatic hydroxyl groups is 1. The van der Waals surface area contributed by atoms with E-state index in [4.69, 9.17) is 37.0 Å². The van der Waals surface area contributed by atoms with E-state index in [1.54, 1.807) is 0 Å². The van der Waals surface area contributed by atoms with Gasteiger partial charge in [0.15, 0.2) is 12.2 Å². The molecule has 0 saturated heterocycles. The number of allylic oxidation sites excluding steroid dienone is 30. The maximum Gasteiger partial charge on any atom is 0.472 e. The lowest BCUT2D eigenvalue weighted by Crippen LogP contribution is -2.30. The predicted octanol–water partition coefficient (Wildman–Crippen LogP) is 22.0. The first-order valence-corrected chi connectivity index (χ1v) is 41.0. The van der Waals surface area contributed by atoms with Crippen molar-refractivity contribution in [1.82, 2.24) is 0 Å². The standard InChI is InChI=1S/C83H132O17P2/c1-5-9-13-17-21-25-29-32-35-38-41-44-48-51-55-59-63-67-80(85)93-73-78(99-82(87)69-65-61-57-53-47-28-24-20-16-12-8-4)75-97-101(89,90)95-71-77(84)72-96-102(91,92)98-76-79(100-83(88)70-66-62-58-54-50-46-43-40-37-34-31-27-23-19-15-11-7-3)74-94-81(86)68-64-60-56-52-49-45-42-39-36-33-30-26-22-18-14-10-6-2/h9-11,13-15,21-23,25-27,32-37,41-46,51-52,54-56,58,77-79,84H,5-8,12,16-20,24,28-31,38-40,47-50,53,57,59-76H2,1-4H3,(H,89,90)(H,91,92)/b13-9-,14-10-,15-11-,25-21-,26-22-,27-23-,35-32-,36-33-,37-34-,44-41-,45-42-,46-43-,55-51-,56-52-,58-54-. The number of esters is 4. The van der Waals surface area contributed by atoms with Crippen molar-refractivity contribution in [3.05, 3.63) is 182 Å². The molecule has 0 radical (unpaired) electrons. The molecule has 0 aromatic heterocycles. The minimum atomic E-state index is -5.01. The molecule has 0 spiro atoms. The van der Waals surface area contributed by atoms with Gasteiger partial charge in [-0.05, 0) is 141 Å². The Bertz CT molecular complexity index is 2650. The molecule has 0 aliphatic rings. The number of phosphoric ester groups is 2. The molecule has 0 saturated carbocycles. The number of hydrogen-bond donors (Lipinski definition) is 3. The summed E-state index contributed by atoms with van der Waals surface area (Å²) in [6.45, 7) is 4.29. The monoisotopic (exact) mass is 1460 g/mol. The molecule has 0 heterocycles. The first-order valence-electron chi connectivity index (χ1n) is 38.0. The molecule has 17 nitrogen and oxygen atoms in total. The zero-order chi connectivity index (χ0) is 74.6. The minimum absolute atomic E-state index is 0.00385. The van der Waals surface area contributed by atoms with Gasteiger partial charge < -0.3 is 33.8 Å². The van der Waals surface area contributed by atoms with E-state index in [9.17, 15) is 43.2 Å². The van der Waals surface area contributed by atoms with E-state index in [0.29, 0.717) is 44.9 Å². The molecule has 0 fully saturated rings. The molecule has 0 amide bonds. The summed E-state index contributed by atoms with van der Waals surface area (Å²) in [5.74, 6) is -2.40. The minimum Gasteiger partial charge on any atom is -0.462 e. The van der Waals surface area contributed by atoms with E-state index in [-0.39, 0.29) is 25.7 Å². The fraction of sp³-hybridized carbons (Fsp3) is 0.590. The van der Waals surface area contributed by atoms with Gasteiger partial charge in [-0.3, -0.25) is 37.3 Å². The van der Waals surface area contributed by atoms with Crippen molar-refractivity contribution in [2.24, 2.45) is 0 Å². The van der Waals surface area contributed by atoms with E-state index >= 15 is 0 Å². The molecular weight excluding hydrogens is 1330 g/mol. The Morgan fingerprint density at radius 2 is 0.510 bits per heavy atom. The first-order chi connectivity index (χ1) is 49.7.